The van der Waals surface area contributed by atoms with Crippen LogP contribution in [0, 0.1) is 6.92 Å². The lowest BCUT2D eigenvalue weighted by atomic mass is 10.1. The number of benzene rings is 3. The van der Waals surface area contributed by atoms with Crippen LogP contribution in [-0.2, 0) is 6.54 Å². The van der Waals surface area contributed by atoms with E-state index >= 15 is 0 Å². The normalized spacial score (nSPS) is 10.9. The van der Waals surface area contributed by atoms with Gasteiger partial charge in [0.2, 0.25) is 5.82 Å². The van der Waals surface area contributed by atoms with E-state index in [0.717, 1.165) is 16.7 Å². The molecule has 5 rings (SSSR count). The Morgan fingerprint density at radius 2 is 1.88 bits per heavy atom. The zero-order valence-corrected chi connectivity index (χ0v) is 19.0. The van der Waals surface area contributed by atoms with E-state index < -0.39 is 0 Å². The summed E-state index contributed by atoms with van der Waals surface area (Å²) < 4.78 is 7.37. The summed E-state index contributed by atoms with van der Waals surface area (Å²) in [6, 6.07) is 22.4. The predicted molar refractivity (Wildman–Crippen MR) is 131 cm³/mol. The summed E-state index contributed by atoms with van der Waals surface area (Å²) in [6.45, 7) is 2.61. The van der Waals surface area contributed by atoms with Gasteiger partial charge in [-0.1, -0.05) is 59.2 Å². The van der Waals surface area contributed by atoms with Gasteiger partial charge in [-0.05, 0) is 48.4 Å². The van der Waals surface area contributed by atoms with Gasteiger partial charge in [-0.3, -0.25) is 4.79 Å². The number of nitrogens with one attached hydrogen (secondary N) is 1. The van der Waals surface area contributed by atoms with Crippen LogP contribution in [0.2, 0.25) is 5.02 Å². The molecule has 3 aromatic carbocycles. The quantitative estimate of drug-likeness (QED) is 0.336. The molecule has 1 amide bonds. The van der Waals surface area contributed by atoms with Crippen molar-refractivity contribution in [1.82, 2.24) is 19.7 Å². The maximum Gasteiger partial charge on any atom is 0.278 e. The second-order valence-corrected chi connectivity index (χ2v) is 8.27. The Balaban J connectivity index is 1.24. The first-order valence-corrected chi connectivity index (χ1v) is 11.0. The van der Waals surface area contributed by atoms with Crippen LogP contribution < -0.4 is 5.32 Å². The van der Waals surface area contributed by atoms with Crippen LogP contribution in [0.3, 0.4) is 0 Å². The summed E-state index contributed by atoms with van der Waals surface area (Å²) in [6.07, 6.45) is 3.59. The van der Waals surface area contributed by atoms with Crippen LogP contribution in [0.15, 0.2) is 89.8 Å². The van der Waals surface area contributed by atoms with E-state index in [1.54, 1.807) is 30.6 Å². The molecule has 0 unspecified atom stereocenters. The Bertz CT molecular complexity index is 1460. The fourth-order valence-corrected chi connectivity index (χ4v) is 3.75. The number of hydrogen-bond donors (Lipinski definition) is 1. The molecule has 34 heavy (non-hydrogen) atoms. The second-order valence-electron chi connectivity index (χ2n) is 7.83. The molecule has 1 N–H and O–H groups in total. The zero-order valence-electron chi connectivity index (χ0n) is 18.3. The fourth-order valence-electron chi connectivity index (χ4n) is 3.55. The van der Waals surface area contributed by atoms with Gasteiger partial charge in [0, 0.05) is 34.6 Å². The van der Waals surface area contributed by atoms with Gasteiger partial charge in [0.05, 0.1) is 6.33 Å². The number of aromatic nitrogens is 4. The van der Waals surface area contributed by atoms with Crippen molar-refractivity contribution in [3.05, 3.63) is 107 Å². The molecule has 0 aliphatic carbocycles. The molecule has 168 valence electrons. The fraction of sp³-hybridized carbons (Fsp3) is 0.0769. The highest BCUT2D eigenvalue weighted by Crippen LogP contribution is 2.23. The first kappa shape index (κ1) is 21.6. The second kappa shape index (κ2) is 9.33. The van der Waals surface area contributed by atoms with Gasteiger partial charge >= 0.3 is 0 Å². The molecular formula is C26H20ClN5O2. The Morgan fingerprint density at radius 3 is 2.68 bits per heavy atom. The van der Waals surface area contributed by atoms with Crippen molar-refractivity contribution in [3.63, 3.8) is 0 Å². The van der Waals surface area contributed by atoms with Crippen molar-refractivity contribution in [3.8, 4) is 23.0 Å². The molecule has 0 radical (unpaired) electrons. The average molecular weight is 470 g/mol. The number of rotatable bonds is 6. The lowest BCUT2D eigenvalue weighted by molar-refractivity contribution is 0.102. The van der Waals surface area contributed by atoms with Gasteiger partial charge < -0.3 is 14.4 Å². The lowest BCUT2D eigenvalue weighted by Crippen LogP contribution is -2.11. The monoisotopic (exact) mass is 469 g/mol. The molecule has 8 heteroatoms. The molecular weight excluding hydrogens is 450 g/mol. The highest BCUT2D eigenvalue weighted by Gasteiger charge is 2.14. The number of hydrogen-bond acceptors (Lipinski definition) is 5. The third kappa shape index (κ3) is 4.74. The van der Waals surface area contributed by atoms with Crippen molar-refractivity contribution in [1.29, 1.82) is 0 Å². The van der Waals surface area contributed by atoms with E-state index in [4.69, 9.17) is 16.1 Å². The number of halogens is 1. The number of carbonyl (C=O) groups excluding carboxylic acids is 1. The molecule has 0 aliphatic heterocycles. The molecule has 0 saturated carbocycles. The van der Waals surface area contributed by atoms with Gasteiger partial charge in [-0.15, -0.1) is 0 Å². The number of amides is 1. The Morgan fingerprint density at radius 1 is 1.06 bits per heavy atom. The minimum atomic E-state index is -0.209. The molecule has 0 bridgehead atoms. The van der Waals surface area contributed by atoms with E-state index in [9.17, 15) is 4.79 Å². The van der Waals surface area contributed by atoms with Gasteiger partial charge in [0.25, 0.3) is 11.8 Å². The topological polar surface area (TPSA) is 85.8 Å². The van der Waals surface area contributed by atoms with Gasteiger partial charge in [-0.25, -0.2) is 4.98 Å². The molecule has 2 aromatic heterocycles. The van der Waals surface area contributed by atoms with Crippen LogP contribution in [0.25, 0.3) is 23.0 Å². The van der Waals surface area contributed by atoms with Crippen LogP contribution in [0.4, 0.5) is 5.69 Å². The number of anilines is 1. The number of carbonyl (C=O) groups is 1. The summed E-state index contributed by atoms with van der Waals surface area (Å²) >= 11 is 5.97. The van der Waals surface area contributed by atoms with Crippen LogP contribution in [0.5, 0.6) is 0 Å². The SMILES string of the molecule is Cc1ccccc1-c1noc(-c2cn(Cc3ccc(NC(=O)c4cccc(Cl)c4)cc3)cn2)n1. The Labute approximate surface area is 201 Å². The van der Waals surface area contributed by atoms with Crippen molar-refractivity contribution < 1.29 is 9.32 Å². The molecule has 0 spiro atoms. The third-order valence-electron chi connectivity index (χ3n) is 5.33. The average Bonchev–Trinajstić information content (AvgIpc) is 3.50. The summed E-state index contributed by atoms with van der Waals surface area (Å²) in [5.41, 5.74) is 4.88. The van der Waals surface area contributed by atoms with Crippen molar-refractivity contribution >= 4 is 23.2 Å². The molecule has 2 heterocycles. The van der Waals surface area contributed by atoms with E-state index in [1.165, 1.54) is 0 Å². The largest absolute Gasteiger partial charge is 0.332 e. The molecule has 5 aromatic rings. The first-order valence-electron chi connectivity index (χ1n) is 10.6. The van der Waals surface area contributed by atoms with Crippen molar-refractivity contribution in [2.45, 2.75) is 13.5 Å². The van der Waals surface area contributed by atoms with E-state index in [1.807, 2.05) is 66.2 Å². The summed E-state index contributed by atoms with van der Waals surface area (Å²) in [5.74, 6) is 0.702. The number of imidazole rings is 1. The Kier molecular flexibility index (Phi) is 5.93. The van der Waals surface area contributed by atoms with Crippen molar-refractivity contribution in [2.75, 3.05) is 5.32 Å². The minimum Gasteiger partial charge on any atom is -0.332 e. The maximum atomic E-state index is 12.4. The summed E-state index contributed by atoms with van der Waals surface area (Å²) in [5, 5.41) is 7.50. The van der Waals surface area contributed by atoms with Gasteiger partial charge in [0.15, 0.2) is 0 Å². The first-order chi connectivity index (χ1) is 16.5. The molecule has 0 aliphatic rings. The third-order valence-corrected chi connectivity index (χ3v) is 5.56. The minimum absolute atomic E-state index is 0.209. The summed E-state index contributed by atoms with van der Waals surface area (Å²) in [7, 11) is 0. The highest BCUT2D eigenvalue weighted by molar-refractivity contribution is 6.31. The molecule has 0 fully saturated rings. The van der Waals surface area contributed by atoms with E-state index in [-0.39, 0.29) is 5.91 Å². The van der Waals surface area contributed by atoms with E-state index in [0.29, 0.717) is 40.2 Å². The van der Waals surface area contributed by atoms with Gasteiger partial charge in [0.1, 0.15) is 5.69 Å². The standard InChI is InChI=1S/C26H20ClN5O2/c1-17-5-2-3-8-22(17)24-30-26(34-31-24)23-15-32(16-28-23)14-18-9-11-21(12-10-18)29-25(33)19-6-4-7-20(27)13-19/h2-13,15-16H,14H2,1H3,(H,29,33). The smallest absolute Gasteiger partial charge is 0.278 e. The molecule has 7 nitrogen and oxygen atoms in total. The molecule has 0 saturated heterocycles. The Hall–Kier alpha value is -4.23. The maximum absolute atomic E-state index is 12.4. The van der Waals surface area contributed by atoms with Crippen molar-refractivity contribution in [2.24, 2.45) is 0 Å². The number of aryl methyl sites for hydroxylation is 1. The molecule has 0 atom stereocenters. The summed E-state index contributed by atoms with van der Waals surface area (Å²) in [4.78, 5) is 21.3. The number of nitrogens with zero attached hydrogens (tertiary/aromatic N) is 4. The zero-order chi connectivity index (χ0) is 23.5. The van der Waals surface area contributed by atoms with Crippen LogP contribution in [0.1, 0.15) is 21.5 Å². The highest BCUT2D eigenvalue weighted by atomic mass is 35.5. The van der Waals surface area contributed by atoms with Crippen LogP contribution in [-0.4, -0.2) is 25.6 Å². The lowest BCUT2D eigenvalue weighted by Gasteiger charge is -2.07. The van der Waals surface area contributed by atoms with Crippen LogP contribution >= 0.6 is 11.6 Å². The van der Waals surface area contributed by atoms with E-state index in [2.05, 4.69) is 20.4 Å². The predicted octanol–water partition coefficient (Wildman–Crippen LogP) is 5.86. The van der Waals surface area contributed by atoms with Gasteiger partial charge in [-0.2, -0.15) is 4.98 Å².